The van der Waals surface area contributed by atoms with Gasteiger partial charge in [-0.1, -0.05) is 0 Å². The average Bonchev–Trinajstić information content (AvgIpc) is 2.35. The Bertz CT molecular complexity index is 428. The van der Waals surface area contributed by atoms with Crippen molar-refractivity contribution in [3.63, 3.8) is 0 Å². The van der Waals surface area contributed by atoms with E-state index < -0.39 is 5.97 Å². The highest BCUT2D eigenvalue weighted by molar-refractivity contribution is 5.93. The second kappa shape index (κ2) is 6.11. The zero-order valence-corrected chi connectivity index (χ0v) is 10.3. The maximum atomic E-state index is 12.1. The third-order valence-electron chi connectivity index (χ3n) is 2.45. The van der Waals surface area contributed by atoms with Gasteiger partial charge in [-0.05, 0) is 26.0 Å². The predicted octanol–water partition coefficient (Wildman–Crippen LogP) is 0.623. The lowest BCUT2D eigenvalue weighted by Gasteiger charge is -2.25. The van der Waals surface area contributed by atoms with E-state index in [9.17, 15) is 9.59 Å². The molecule has 1 amide bonds. The Morgan fingerprint density at radius 3 is 2.44 bits per heavy atom. The van der Waals surface area contributed by atoms with E-state index in [0.717, 1.165) is 6.20 Å². The van der Waals surface area contributed by atoms with Crippen molar-refractivity contribution in [1.29, 1.82) is 0 Å². The van der Waals surface area contributed by atoms with Crippen LogP contribution in [0.2, 0.25) is 0 Å². The highest BCUT2D eigenvalue weighted by atomic mass is 16.4. The molecule has 1 aromatic heterocycles. The van der Waals surface area contributed by atoms with Crippen LogP contribution in [0.5, 0.6) is 0 Å². The minimum Gasteiger partial charge on any atom is -0.478 e. The molecule has 2 N–H and O–H groups in total. The van der Waals surface area contributed by atoms with E-state index in [1.54, 1.807) is 0 Å². The number of amides is 1. The van der Waals surface area contributed by atoms with Crippen molar-refractivity contribution < 1.29 is 19.8 Å². The molecule has 1 rings (SSSR count). The van der Waals surface area contributed by atoms with E-state index in [-0.39, 0.29) is 36.4 Å². The van der Waals surface area contributed by atoms with Crippen LogP contribution in [0.4, 0.5) is 0 Å². The Hall–Kier alpha value is -1.95. The third kappa shape index (κ3) is 3.27. The van der Waals surface area contributed by atoms with Gasteiger partial charge < -0.3 is 15.1 Å². The minimum absolute atomic E-state index is 0.0322. The SMILES string of the molecule is CC(C)N(CCO)C(=O)c1ccc(C(=O)O)cn1. The number of aliphatic hydroxyl groups is 1. The lowest BCUT2D eigenvalue weighted by molar-refractivity contribution is 0.0654. The van der Waals surface area contributed by atoms with Gasteiger partial charge in [0.05, 0.1) is 12.2 Å². The molecule has 18 heavy (non-hydrogen) atoms. The minimum atomic E-state index is -1.09. The first-order valence-electron chi connectivity index (χ1n) is 5.58. The van der Waals surface area contributed by atoms with Crippen molar-refractivity contribution >= 4 is 11.9 Å². The summed E-state index contributed by atoms with van der Waals surface area (Å²) in [6, 6.07) is 2.64. The highest BCUT2D eigenvalue weighted by Crippen LogP contribution is 2.07. The van der Waals surface area contributed by atoms with Crippen LogP contribution in [0.25, 0.3) is 0 Å². The van der Waals surface area contributed by atoms with Gasteiger partial charge in [0.2, 0.25) is 0 Å². The molecular formula is C12H16N2O4. The fourth-order valence-electron chi connectivity index (χ4n) is 1.50. The van der Waals surface area contributed by atoms with Gasteiger partial charge in [0.15, 0.2) is 0 Å². The molecule has 0 bridgehead atoms. The summed E-state index contributed by atoms with van der Waals surface area (Å²) in [5.74, 6) is -1.41. The molecule has 0 radical (unpaired) electrons. The maximum absolute atomic E-state index is 12.1. The molecule has 6 heteroatoms. The van der Waals surface area contributed by atoms with E-state index >= 15 is 0 Å². The number of pyridine rings is 1. The van der Waals surface area contributed by atoms with Gasteiger partial charge in [-0.3, -0.25) is 9.78 Å². The van der Waals surface area contributed by atoms with Gasteiger partial charge in [0, 0.05) is 18.8 Å². The molecule has 1 aromatic rings. The number of nitrogens with zero attached hydrogens (tertiary/aromatic N) is 2. The van der Waals surface area contributed by atoms with E-state index in [0.29, 0.717) is 0 Å². The number of carboxylic acids is 1. The number of aliphatic hydroxyl groups excluding tert-OH is 1. The van der Waals surface area contributed by atoms with Gasteiger partial charge >= 0.3 is 5.97 Å². The lowest BCUT2D eigenvalue weighted by Crippen LogP contribution is -2.39. The summed E-state index contributed by atoms with van der Waals surface area (Å²) in [5.41, 5.74) is 0.201. The normalized spacial score (nSPS) is 10.4. The molecule has 0 atom stereocenters. The lowest BCUT2D eigenvalue weighted by atomic mass is 10.2. The van der Waals surface area contributed by atoms with Crippen LogP contribution in [0, 0.1) is 0 Å². The van der Waals surface area contributed by atoms with Crippen molar-refractivity contribution in [3.05, 3.63) is 29.6 Å². The Labute approximate surface area is 105 Å². The van der Waals surface area contributed by atoms with Crippen LogP contribution < -0.4 is 0 Å². The van der Waals surface area contributed by atoms with Gasteiger partial charge in [0.1, 0.15) is 5.69 Å². The molecule has 0 aliphatic heterocycles. The topological polar surface area (TPSA) is 90.7 Å². The van der Waals surface area contributed by atoms with Crippen LogP contribution in [0.15, 0.2) is 18.3 Å². The molecule has 0 aromatic carbocycles. The summed E-state index contributed by atoms with van der Waals surface area (Å²) in [4.78, 5) is 28.0. The number of rotatable bonds is 5. The quantitative estimate of drug-likeness (QED) is 0.801. The van der Waals surface area contributed by atoms with Crippen molar-refractivity contribution in [2.24, 2.45) is 0 Å². The summed E-state index contributed by atoms with van der Waals surface area (Å²) in [5, 5.41) is 17.6. The first-order valence-corrected chi connectivity index (χ1v) is 5.58. The summed E-state index contributed by atoms with van der Waals surface area (Å²) >= 11 is 0. The fraction of sp³-hybridized carbons (Fsp3) is 0.417. The van der Waals surface area contributed by atoms with Gasteiger partial charge in [0.25, 0.3) is 5.91 Å². The summed E-state index contributed by atoms with van der Waals surface area (Å²) in [6.07, 6.45) is 1.15. The number of hydrogen-bond acceptors (Lipinski definition) is 4. The van der Waals surface area contributed by atoms with Crippen molar-refractivity contribution in [3.8, 4) is 0 Å². The zero-order valence-electron chi connectivity index (χ0n) is 10.3. The molecule has 98 valence electrons. The molecule has 0 saturated heterocycles. The maximum Gasteiger partial charge on any atom is 0.337 e. The summed E-state index contributed by atoms with van der Waals surface area (Å²) in [7, 11) is 0. The van der Waals surface area contributed by atoms with Crippen LogP contribution in [-0.4, -0.2) is 51.2 Å². The molecule has 0 aliphatic rings. The monoisotopic (exact) mass is 252 g/mol. The number of carboxylic acid groups (broad SMARTS) is 1. The Balaban J connectivity index is 2.91. The first-order chi connectivity index (χ1) is 8.47. The molecular weight excluding hydrogens is 236 g/mol. The number of aromatic nitrogens is 1. The predicted molar refractivity (Wildman–Crippen MR) is 64.5 cm³/mol. The van der Waals surface area contributed by atoms with Gasteiger partial charge in [-0.2, -0.15) is 0 Å². The van der Waals surface area contributed by atoms with Crippen LogP contribution in [0.1, 0.15) is 34.7 Å². The number of carbonyl (C=O) groups excluding carboxylic acids is 1. The second-order valence-electron chi connectivity index (χ2n) is 4.05. The molecule has 6 nitrogen and oxygen atoms in total. The Kier molecular flexibility index (Phi) is 4.79. The third-order valence-corrected chi connectivity index (χ3v) is 2.45. The largest absolute Gasteiger partial charge is 0.478 e. The van der Waals surface area contributed by atoms with Crippen molar-refractivity contribution in [1.82, 2.24) is 9.88 Å². The summed E-state index contributed by atoms with van der Waals surface area (Å²) in [6.45, 7) is 3.76. The molecule has 1 heterocycles. The van der Waals surface area contributed by atoms with Crippen molar-refractivity contribution in [2.45, 2.75) is 19.9 Å². The standard InChI is InChI=1S/C12H16N2O4/c1-8(2)14(5-6-15)11(16)10-4-3-9(7-13-10)12(17)18/h3-4,7-8,15H,5-6H2,1-2H3,(H,17,18). The molecule has 0 aliphatic carbocycles. The van der Waals surface area contributed by atoms with E-state index in [1.165, 1.54) is 17.0 Å². The molecule has 0 fully saturated rings. The van der Waals surface area contributed by atoms with E-state index in [2.05, 4.69) is 4.98 Å². The smallest absolute Gasteiger partial charge is 0.337 e. The summed E-state index contributed by atoms with van der Waals surface area (Å²) < 4.78 is 0. The fourth-order valence-corrected chi connectivity index (χ4v) is 1.50. The molecule has 0 saturated carbocycles. The zero-order chi connectivity index (χ0) is 13.7. The number of hydrogen-bond donors (Lipinski definition) is 2. The van der Waals surface area contributed by atoms with Crippen LogP contribution in [0.3, 0.4) is 0 Å². The average molecular weight is 252 g/mol. The van der Waals surface area contributed by atoms with Crippen LogP contribution in [-0.2, 0) is 0 Å². The van der Waals surface area contributed by atoms with E-state index in [1.807, 2.05) is 13.8 Å². The molecule has 0 spiro atoms. The highest BCUT2D eigenvalue weighted by Gasteiger charge is 2.19. The van der Waals surface area contributed by atoms with Crippen molar-refractivity contribution in [2.75, 3.05) is 13.2 Å². The van der Waals surface area contributed by atoms with Gasteiger partial charge in [-0.15, -0.1) is 0 Å². The molecule has 0 unspecified atom stereocenters. The number of carbonyl (C=O) groups is 2. The van der Waals surface area contributed by atoms with E-state index in [4.69, 9.17) is 10.2 Å². The first kappa shape index (κ1) is 14.1. The van der Waals surface area contributed by atoms with Crippen LogP contribution >= 0.6 is 0 Å². The number of aromatic carboxylic acids is 1. The second-order valence-corrected chi connectivity index (χ2v) is 4.05. The Morgan fingerprint density at radius 1 is 1.39 bits per heavy atom. The Morgan fingerprint density at radius 2 is 2.06 bits per heavy atom. The van der Waals surface area contributed by atoms with Gasteiger partial charge in [-0.25, -0.2) is 4.79 Å².